The fourth-order valence-electron chi connectivity index (χ4n) is 3.60. The van der Waals surface area contributed by atoms with Crippen molar-refractivity contribution >= 4 is 5.91 Å². The van der Waals surface area contributed by atoms with E-state index in [1.165, 1.54) is 32.1 Å². The van der Waals surface area contributed by atoms with Crippen molar-refractivity contribution in [1.29, 1.82) is 0 Å². The molecule has 2 fully saturated rings. The number of nitrogens with one attached hydrogen (secondary N) is 1. The van der Waals surface area contributed by atoms with E-state index in [2.05, 4.69) is 31.0 Å². The van der Waals surface area contributed by atoms with E-state index in [0.717, 1.165) is 31.7 Å². The number of rotatable bonds is 6. The molecule has 1 saturated carbocycles. The summed E-state index contributed by atoms with van der Waals surface area (Å²) >= 11 is 0. The first-order valence-corrected chi connectivity index (χ1v) is 8.19. The van der Waals surface area contributed by atoms with E-state index in [1.54, 1.807) is 0 Å². The first-order chi connectivity index (χ1) is 9.10. The van der Waals surface area contributed by atoms with Crippen molar-refractivity contribution < 1.29 is 4.79 Å². The van der Waals surface area contributed by atoms with Crippen LogP contribution < -0.4 is 5.32 Å². The van der Waals surface area contributed by atoms with E-state index in [1.807, 2.05) is 0 Å². The highest BCUT2D eigenvalue weighted by Crippen LogP contribution is 2.30. The minimum atomic E-state index is -0.324. The Bertz CT molecular complexity index is 312. The summed E-state index contributed by atoms with van der Waals surface area (Å²) < 4.78 is 0. The maximum Gasteiger partial charge on any atom is 0.243 e. The van der Waals surface area contributed by atoms with Gasteiger partial charge in [-0.3, -0.25) is 10.1 Å². The van der Waals surface area contributed by atoms with Crippen LogP contribution in [0.4, 0.5) is 0 Å². The third kappa shape index (κ3) is 3.13. The topological polar surface area (TPSA) is 32.3 Å². The highest BCUT2D eigenvalue weighted by atomic mass is 16.2. The van der Waals surface area contributed by atoms with E-state index >= 15 is 0 Å². The van der Waals surface area contributed by atoms with Gasteiger partial charge >= 0.3 is 0 Å². The molecule has 1 saturated heterocycles. The van der Waals surface area contributed by atoms with Crippen molar-refractivity contribution in [2.24, 2.45) is 5.92 Å². The van der Waals surface area contributed by atoms with Gasteiger partial charge in [0.25, 0.3) is 0 Å². The molecule has 0 aromatic heterocycles. The van der Waals surface area contributed by atoms with Crippen LogP contribution in [0.15, 0.2) is 0 Å². The highest BCUT2D eigenvalue weighted by molar-refractivity contribution is 5.88. The normalized spacial score (nSPS) is 32.5. The van der Waals surface area contributed by atoms with Gasteiger partial charge in [-0.1, -0.05) is 46.0 Å². The minimum absolute atomic E-state index is 0.267. The first-order valence-electron chi connectivity index (χ1n) is 8.19. The quantitative estimate of drug-likeness (QED) is 0.800. The lowest BCUT2D eigenvalue weighted by Gasteiger charge is -2.25. The number of carbonyl (C=O) groups is 1. The van der Waals surface area contributed by atoms with Gasteiger partial charge in [-0.2, -0.15) is 0 Å². The molecule has 0 aromatic rings. The van der Waals surface area contributed by atoms with Crippen LogP contribution in [0.5, 0.6) is 0 Å². The number of nitrogens with zero attached hydrogens (tertiary/aromatic N) is 1. The molecule has 2 atom stereocenters. The molecule has 1 heterocycles. The van der Waals surface area contributed by atoms with Gasteiger partial charge in [0.2, 0.25) is 5.91 Å². The monoisotopic (exact) mass is 266 g/mol. The number of hydrogen-bond donors (Lipinski definition) is 1. The predicted molar refractivity (Wildman–Crippen MR) is 78.8 cm³/mol. The molecule has 3 nitrogen and oxygen atoms in total. The van der Waals surface area contributed by atoms with Crippen molar-refractivity contribution in [3.05, 3.63) is 0 Å². The molecule has 0 spiro atoms. The van der Waals surface area contributed by atoms with Crippen LogP contribution in [-0.2, 0) is 4.79 Å². The summed E-state index contributed by atoms with van der Waals surface area (Å²) in [6, 6.07) is 0. The Morgan fingerprint density at radius 1 is 1.26 bits per heavy atom. The average molecular weight is 266 g/mol. The standard InChI is InChI=1S/C16H30N2O/c1-4-8-14-17-16(3,5-2)15(19)18(14)12-11-13-9-6-7-10-13/h13-14,17H,4-12H2,1-3H3. The molecule has 1 aliphatic carbocycles. The lowest BCUT2D eigenvalue weighted by Crippen LogP contribution is -2.43. The van der Waals surface area contributed by atoms with Crippen LogP contribution in [0.1, 0.15) is 72.1 Å². The molecule has 3 heteroatoms. The van der Waals surface area contributed by atoms with Crippen LogP contribution in [0.3, 0.4) is 0 Å². The molecule has 2 aliphatic rings. The summed E-state index contributed by atoms with van der Waals surface area (Å²) in [6.07, 6.45) is 10.1. The van der Waals surface area contributed by atoms with Gasteiger partial charge in [0.05, 0.1) is 11.7 Å². The zero-order valence-corrected chi connectivity index (χ0v) is 12.9. The Kier molecular flexibility index (Phi) is 4.88. The minimum Gasteiger partial charge on any atom is -0.326 e. The summed E-state index contributed by atoms with van der Waals surface area (Å²) in [4.78, 5) is 14.7. The number of hydrogen-bond acceptors (Lipinski definition) is 2. The van der Waals surface area contributed by atoms with E-state index in [9.17, 15) is 4.79 Å². The van der Waals surface area contributed by atoms with Gasteiger partial charge in [-0.15, -0.1) is 0 Å². The molecule has 2 unspecified atom stereocenters. The first kappa shape index (κ1) is 14.8. The van der Waals surface area contributed by atoms with Gasteiger partial charge < -0.3 is 4.90 Å². The summed E-state index contributed by atoms with van der Waals surface area (Å²) in [5, 5.41) is 3.57. The van der Waals surface area contributed by atoms with E-state index in [0.29, 0.717) is 5.91 Å². The summed E-state index contributed by atoms with van der Waals surface area (Å²) in [6.45, 7) is 7.32. The average Bonchev–Trinajstić information content (AvgIpc) is 2.98. The van der Waals surface area contributed by atoms with Crippen LogP contribution in [0.2, 0.25) is 0 Å². The second kappa shape index (κ2) is 6.25. The molecule has 2 rings (SSSR count). The van der Waals surface area contributed by atoms with E-state index in [-0.39, 0.29) is 11.7 Å². The van der Waals surface area contributed by atoms with Gasteiger partial charge in [0, 0.05) is 6.54 Å². The SMILES string of the molecule is CCCC1NC(C)(CC)C(=O)N1CCC1CCCC1. The lowest BCUT2D eigenvalue weighted by molar-refractivity contribution is -0.133. The van der Waals surface area contributed by atoms with Gasteiger partial charge in [0.15, 0.2) is 0 Å². The third-order valence-corrected chi connectivity index (χ3v) is 5.12. The Morgan fingerprint density at radius 3 is 2.53 bits per heavy atom. The fraction of sp³-hybridized carbons (Fsp3) is 0.938. The summed E-state index contributed by atoms with van der Waals surface area (Å²) in [5.74, 6) is 1.19. The molecular formula is C16H30N2O. The molecular weight excluding hydrogens is 236 g/mol. The molecule has 1 N–H and O–H groups in total. The molecule has 0 aromatic carbocycles. The van der Waals surface area contributed by atoms with Gasteiger partial charge in [0.1, 0.15) is 0 Å². The van der Waals surface area contributed by atoms with Crippen LogP contribution in [-0.4, -0.2) is 29.1 Å². The molecule has 1 amide bonds. The smallest absolute Gasteiger partial charge is 0.243 e. The third-order valence-electron chi connectivity index (χ3n) is 5.12. The fourth-order valence-corrected chi connectivity index (χ4v) is 3.60. The molecule has 0 bridgehead atoms. The number of amides is 1. The highest BCUT2D eigenvalue weighted by Gasteiger charge is 2.45. The van der Waals surface area contributed by atoms with Crippen molar-refractivity contribution in [1.82, 2.24) is 10.2 Å². The molecule has 0 radical (unpaired) electrons. The maximum atomic E-state index is 12.6. The molecule has 19 heavy (non-hydrogen) atoms. The summed E-state index contributed by atoms with van der Waals surface area (Å²) in [7, 11) is 0. The molecule has 110 valence electrons. The van der Waals surface area contributed by atoms with Crippen LogP contribution >= 0.6 is 0 Å². The second-order valence-corrected chi connectivity index (χ2v) is 6.57. The van der Waals surface area contributed by atoms with Gasteiger partial charge in [-0.25, -0.2) is 0 Å². The zero-order valence-electron chi connectivity index (χ0n) is 12.9. The predicted octanol–water partition coefficient (Wildman–Crippen LogP) is 3.29. The van der Waals surface area contributed by atoms with Crippen LogP contribution in [0, 0.1) is 5.92 Å². The van der Waals surface area contributed by atoms with E-state index in [4.69, 9.17) is 0 Å². The Balaban J connectivity index is 1.96. The Hall–Kier alpha value is -0.570. The number of carbonyl (C=O) groups excluding carboxylic acids is 1. The molecule has 1 aliphatic heterocycles. The van der Waals surface area contributed by atoms with E-state index < -0.39 is 0 Å². The Morgan fingerprint density at radius 2 is 1.95 bits per heavy atom. The van der Waals surface area contributed by atoms with Crippen molar-refractivity contribution in [3.63, 3.8) is 0 Å². The summed E-state index contributed by atoms with van der Waals surface area (Å²) in [5.41, 5.74) is -0.324. The van der Waals surface area contributed by atoms with Gasteiger partial charge in [-0.05, 0) is 32.1 Å². The second-order valence-electron chi connectivity index (χ2n) is 6.57. The zero-order chi connectivity index (χ0) is 13.9. The van der Waals surface area contributed by atoms with Crippen molar-refractivity contribution in [2.75, 3.05) is 6.54 Å². The van der Waals surface area contributed by atoms with Crippen LogP contribution in [0.25, 0.3) is 0 Å². The largest absolute Gasteiger partial charge is 0.326 e. The maximum absolute atomic E-state index is 12.6. The lowest BCUT2D eigenvalue weighted by atomic mass is 9.99. The van der Waals surface area contributed by atoms with Crippen molar-refractivity contribution in [3.8, 4) is 0 Å². The van der Waals surface area contributed by atoms with Crippen molar-refractivity contribution in [2.45, 2.75) is 83.8 Å². The Labute approximate surface area is 118 Å².